The van der Waals surface area contributed by atoms with Gasteiger partial charge in [0.15, 0.2) is 9.84 Å². The molecule has 9 heteroatoms. The van der Waals surface area contributed by atoms with Gasteiger partial charge < -0.3 is 15.4 Å². The Morgan fingerprint density at radius 2 is 1.86 bits per heavy atom. The van der Waals surface area contributed by atoms with Crippen molar-refractivity contribution in [1.82, 2.24) is 4.90 Å². The van der Waals surface area contributed by atoms with E-state index < -0.39 is 9.84 Å². The highest BCUT2D eigenvalue weighted by molar-refractivity contribution is 7.90. The first-order chi connectivity index (χ1) is 16.2. The monoisotopic (exact) mass is 542 g/mol. The number of ether oxygens (including phenoxy) is 1. The lowest BCUT2D eigenvalue weighted by Gasteiger charge is -2.43. The van der Waals surface area contributed by atoms with E-state index in [2.05, 4.69) is 6.07 Å². The van der Waals surface area contributed by atoms with Gasteiger partial charge in [0.25, 0.3) is 0 Å². The molecule has 6 nitrogen and oxygen atoms in total. The second-order valence-electron chi connectivity index (χ2n) is 9.23. The zero-order valence-electron chi connectivity index (χ0n) is 20.4. The average Bonchev–Trinajstić information content (AvgIpc) is 2.83. The van der Waals surface area contributed by atoms with Crippen molar-refractivity contribution in [1.29, 1.82) is 0 Å². The van der Waals surface area contributed by atoms with E-state index in [1.165, 1.54) is 6.26 Å². The van der Waals surface area contributed by atoms with Crippen molar-refractivity contribution >= 4 is 39.8 Å². The van der Waals surface area contributed by atoms with Crippen LogP contribution in [0.3, 0.4) is 0 Å². The van der Waals surface area contributed by atoms with Crippen LogP contribution in [0.4, 0.5) is 0 Å². The second-order valence-corrected chi connectivity index (χ2v) is 11.7. The molecule has 0 atom stereocenters. The Bertz CT molecular complexity index is 1090. The van der Waals surface area contributed by atoms with E-state index in [1.54, 1.807) is 25.3 Å². The maximum Gasteiger partial charge on any atom is 0.225 e. The topological polar surface area (TPSA) is 89.7 Å². The van der Waals surface area contributed by atoms with Gasteiger partial charge in [-0.15, -0.1) is 12.4 Å². The summed E-state index contributed by atoms with van der Waals surface area (Å²) in [5.41, 5.74) is 8.19. The number of carbonyl (C=O) groups excluding carboxylic acids is 1. The van der Waals surface area contributed by atoms with Crippen molar-refractivity contribution in [2.24, 2.45) is 5.73 Å². The molecule has 35 heavy (non-hydrogen) atoms. The largest absolute Gasteiger partial charge is 0.384 e. The Kier molecular flexibility index (Phi) is 11.0. The predicted molar refractivity (Wildman–Crippen MR) is 143 cm³/mol. The zero-order chi connectivity index (χ0) is 24.8. The van der Waals surface area contributed by atoms with Gasteiger partial charge in [-0.05, 0) is 67.5 Å². The van der Waals surface area contributed by atoms with Crippen LogP contribution in [-0.2, 0) is 31.2 Å². The van der Waals surface area contributed by atoms with E-state index in [0.29, 0.717) is 42.5 Å². The molecule has 2 aromatic rings. The number of amides is 1. The van der Waals surface area contributed by atoms with Crippen molar-refractivity contribution in [2.45, 2.75) is 54.9 Å². The van der Waals surface area contributed by atoms with Crippen LogP contribution in [0.1, 0.15) is 43.2 Å². The average molecular weight is 544 g/mol. The molecule has 0 spiro atoms. The lowest BCUT2D eigenvalue weighted by Crippen LogP contribution is -2.48. The maximum absolute atomic E-state index is 13.1. The lowest BCUT2D eigenvalue weighted by molar-refractivity contribution is -0.135. The van der Waals surface area contributed by atoms with Crippen LogP contribution in [0.15, 0.2) is 53.4 Å². The SMILES string of the molecule is COCCC(=O)N(CCc1cccc(S(C)(=O)=O)c1)C1CCC(CN)(c2cccc(Cl)c2)CC1.Cl. The molecule has 0 heterocycles. The summed E-state index contributed by atoms with van der Waals surface area (Å²) in [5, 5.41) is 0.708. The maximum atomic E-state index is 13.1. The number of hydrogen-bond acceptors (Lipinski definition) is 5. The molecule has 1 saturated carbocycles. The van der Waals surface area contributed by atoms with Crippen LogP contribution in [0.5, 0.6) is 0 Å². The first-order valence-corrected chi connectivity index (χ1v) is 14.0. The molecule has 2 aromatic carbocycles. The van der Waals surface area contributed by atoms with E-state index in [1.807, 2.05) is 29.2 Å². The van der Waals surface area contributed by atoms with Crippen LogP contribution in [0, 0.1) is 0 Å². The molecule has 0 aliphatic heterocycles. The number of rotatable bonds is 10. The number of nitrogens with zero attached hydrogens (tertiary/aromatic N) is 1. The highest BCUT2D eigenvalue weighted by Crippen LogP contribution is 2.41. The van der Waals surface area contributed by atoms with Crippen molar-refractivity contribution < 1.29 is 17.9 Å². The summed E-state index contributed by atoms with van der Waals surface area (Å²) in [5.74, 6) is 0.0640. The van der Waals surface area contributed by atoms with Gasteiger partial charge in [-0.25, -0.2) is 8.42 Å². The van der Waals surface area contributed by atoms with Crippen LogP contribution in [0.25, 0.3) is 0 Å². The van der Waals surface area contributed by atoms with Gasteiger partial charge in [0.05, 0.1) is 17.9 Å². The normalized spacial score (nSPS) is 20.2. The fraction of sp³-hybridized carbons (Fsp3) is 0.500. The third-order valence-corrected chi connectivity index (χ3v) is 8.33. The Morgan fingerprint density at radius 1 is 1.17 bits per heavy atom. The molecule has 0 aromatic heterocycles. The Labute approximate surface area is 220 Å². The van der Waals surface area contributed by atoms with Gasteiger partial charge in [-0.3, -0.25) is 4.79 Å². The Hall–Kier alpha value is -1.64. The van der Waals surface area contributed by atoms with Crippen molar-refractivity contribution in [3.8, 4) is 0 Å². The minimum atomic E-state index is -3.28. The van der Waals surface area contributed by atoms with Crippen molar-refractivity contribution in [3.63, 3.8) is 0 Å². The lowest BCUT2D eigenvalue weighted by atomic mass is 9.68. The predicted octanol–water partition coefficient (Wildman–Crippen LogP) is 4.41. The third-order valence-electron chi connectivity index (χ3n) is 6.99. The van der Waals surface area contributed by atoms with Crippen molar-refractivity contribution in [2.75, 3.05) is 33.1 Å². The van der Waals surface area contributed by atoms with Gasteiger partial charge in [-0.2, -0.15) is 0 Å². The molecule has 1 aliphatic rings. The van der Waals surface area contributed by atoms with E-state index >= 15 is 0 Å². The molecule has 0 radical (unpaired) electrons. The Morgan fingerprint density at radius 3 is 2.46 bits per heavy atom. The minimum Gasteiger partial charge on any atom is -0.384 e. The Balaban J connectivity index is 0.00000432. The number of sulfone groups is 1. The molecule has 0 bridgehead atoms. The van der Waals surface area contributed by atoms with Crippen LogP contribution in [-0.4, -0.2) is 58.3 Å². The van der Waals surface area contributed by atoms with E-state index in [9.17, 15) is 13.2 Å². The molecular weight excluding hydrogens is 507 g/mol. The molecule has 0 saturated heterocycles. The first kappa shape index (κ1) is 29.6. The summed E-state index contributed by atoms with van der Waals surface area (Å²) in [6.07, 6.45) is 5.59. The molecule has 194 valence electrons. The summed E-state index contributed by atoms with van der Waals surface area (Å²) in [6, 6.07) is 15.0. The van der Waals surface area contributed by atoms with Gasteiger partial charge in [0.2, 0.25) is 5.91 Å². The quantitative estimate of drug-likeness (QED) is 0.480. The summed E-state index contributed by atoms with van der Waals surface area (Å²) in [6.45, 7) is 1.45. The number of halogens is 2. The summed E-state index contributed by atoms with van der Waals surface area (Å²) < 4.78 is 29.0. The van der Waals surface area contributed by atoms with Gasteiger partial charge >= 0.3 is 0 Å². The van der Waals surface area contributed by atoms with E-state index in [4.69, 9.17) is 22.1 Å². The number of methoxy groups -OCH3 is 1. The van der Waals surface area contributed by atoms with Crippen LogP contribution in [0.2, 0.25) is 5.02 Å². The highest BCUT2D eigenvalue weighted by Gasteiger charge is 2.38. The summed E-state index contributed by atoms with van der Waals surface area (Å²) in [7, 11) is -1.68. The number of hydrogen-bond donors (Lipinski definition) is 1. The minimum absolute atomic E-state index is 0. The fourth-order valence-corrected chi connectivity index (χ4v) is 5.80. The van der Waals surface area contributed by atoms with Gasteiger partial charge in [0, 0.05) is 42.9 Å². The van der Waals surface area contributed by atoms with Crippen LogP contribution >= 0.6 is 24.0 Å². The van der Waals surface area contributed by atoms with Crippen LogP contribution < -0.4 is 5.73 Å². The molecule has 2 N–H and O–H groups in total. The molecule has 1 aliphatic carbocycles. The standard InChI is InChI=1S/C26H35ClN2O4S.ClH/c1-33-16-12-25(30)29(15-11-20-5-3-8-24(17-20)34(2,31)32)23-9-13-26(19-28,14-10-23)21-6-4-7-22(27)18-21;/h3-8,17-18,23H,9-16,19,28H2,1-2H3;1H. The van der Waals surface area contributed by atoms with Crippen molar-refractivity contribution in [3.05, 3.63) is 64.7 Å². The summed E-state index contributed by atoms with van der Waals surface area (Å²) >= 11 is 6.25. The summed E-state index contributed by atoms with van der Waals surface area (Å²) in [4.78, 5) is 15.4. The zero-order valence-corrected chi connectivity index (χ0v) is 22.8. The smallest absolute Gasteiger partial charge is 0.225 e. The highest BCUT2D eigenvalue weighted by atomic mass is 35.5. The molecule has 1 amide bonds. The van der Waals surface area contributed by atoms with E-state index in [0.717, 1.165) is 36.8 Å². The molecular formula is C26H36Cl2N2O4S. The molecule has 0 unspecified atom stereocenters. The number of nitrogens with two attached hydrogens (primary N) is 1. The number of carbonyl (C=O) groups is 1. The van der Waals surface area contributed by atoms with E-state index in [-0.39, 0.29) is 29.8 Å². The fourth-order valence-electron chi connectivity index (χ4n) is 4.92. The number of benzene rings is 2. The molecule has 3 rings (SSSR count). The third kappa shape index (κ3) is 7.67. The first-order valence-electron chi connectivity index (χ1n) is 11.7. The molecule has 1 fully saturated rings. The second kappa shape index (κ2) is 13.1. The van der Waals surface area contributed by atoms with Gasteiger partial charge in [-0.1, -0.05) is 35.9 Å². The van der Waals surface area contributed by atoms with Gasteiger partial charge in [0.1, 0.15) is 0 Å².